The van der Waals surface area contributed by atoms with Gasteiger partial charge >= 0.3 is 0 Å². The summed E-state index contributed by atoms with van der Waals surface area (Å²) in [5, 5.41) is 17.7. The van der Waals surface area contributed by atoms with Crippen LogP contribution in [0.5, 0.6) is 0 Å². The quantitative estimate of drug-likeness (QED) is 0.0680. The molecule has 0 spiro atoms. The highest BCUT2D eigenvalue weighted by molar-refractivity contribution is 5.86. The Morgan fingerprint density at radius 1 is 1.04 bits per heavy atom. The highest BCUT2D eigenvalue weighted by atomic mass is 16.3. The van der Waals surface area contributed by atoms with Gasteiger partial charge in [0.05, 0.1) is 0 Å². The number of aliphatic hydroxyl groups excluding tert-OH is 1. The van der Waals surface area contributed by atoms with E-state index in [2.05, 4.69) is 20.9 Å². The topological polar surface area (TPSA) is 181 Å². The van der Waals surface area contributed by atoms with Crippen molar-refractivity contribution < 1.29 is 17.4 Å². The zero-order valence-electron chi connectivity index (χ0n) is 18.0. The zero-order valence-corrected chi connectivity index (χ0v) is 16.0. The zero-order chi connectivity index (χ0) is 22.1. The summed E-state index contributed by atoms with van der Waals surface area (Å²) in [6.45, 7) is 2.99. The Balaban J connectivity index is 3.88. The van der Waals surface area contributed by atoms with Crippen molar-refractivity contribution in [3.8, 4) is 0 Å². The molecule has 0 aromatic carbocycles. The van der Waals surface area contributed by atoms with Crippen molar-refractivity contribution in [1.29, 1.82) is 0 Å². The number of nitrogens with two attached hydrogens (primary N) is 3. The molecule has 3 atom stereocenters. The summed E-state index contributed by atoms with van der Waals surface area (Å²) in [5.74, 6) is -1.29. The van der Waals surface area contributed by atoms with Gasteiger partial charge in [-0.3, -0.25) is 14.6 Å². The van der Waals surface area contributed by atoms with Gasteiger partial charge in [-0.2, -0.15) is 0 Å². The van der Waals surface area contributed by atoms with E-state index >= 15 is 0 Å². The van der Waals surface area contributed by atoms with Gasteiger partial charge in [-0.25, -0.2) is 0 Å². The van der Waals surface area contributed by atoms with E-state index in [9.17, 15) is 14.7 Å². The number of hydrogen-bond donors (Lipinski definition) is 7. The molecule has 0 aliphatic rings. The van der Waals surface area contributed by atoms with Crippen molar-refractivity contribution >= 4 is 17.8 Å². The minimum Gasteiger partial charge on any atom is -0.370 e. The van der Waals surface area contributed by atoms with Gasteiger partial charge < -0.3 is 38.3 Å². The van der Waals surface area contributed by atoms with Gasteiger partial charge in [-0.05, 0) is 51.7 Å². The smallest absolute Gasteiger partial charge is 0.269 e. The molecular weight excluding hydrogens is 350 g/mol. The van der Waals surface area contributed by atoms with E-state index in [0.717, 1.165) is 32.4 Å². The molecule has 0 saturated heterocycles. The van der Waals surface area contributed by atoms with Crippen molar-refractivity contribution in [2.75, 3.05) is 32.7 Å². The molecule has 3 unspecified atom stereocenters. The fraction of sp³-hybridized carbons (Fsp3) is 0.824. The lowest BCUT2D eigenvalue weighted by Crippen LogP contribution is -2.46. The first kappa shape index (κ1) is 21.4. The molecule has 0 bridgehead atoms. The van der Waals surface area contributed by atoms with Crippen molar-refractivity contribution in [2.24, 2.45) is 22.2 Å². The fourth-order valence-corrected chi connectivity index (χ4v) is 2.04. The lowest BCUT2D eigenvalue weighted by molar-refractivity contribution is -0.136. The number of carbonyl (C=O) groups is 2. The number of aliphatic imine (C=N–C) groups is 1. The van der Waals surface area contributed by atoms with Gasteiger partial charge in [0.15, 0.2) is 5.96 Å². The Morgan fingerprint density at radius 3 is 2.41 bits per heavy atom. The van der Waals surface area contributed by atoms with Gasteiger partial charge in [0, 0.05) is 22.3 Å². The van der Waals surface area contributed by atoms with Crippen LogP contribution in [-0.2, 0) is 9.59 Å². The largest absolute Gasteiger partial charge is 0.370 e. The molecule has 0 heterocycles. The minimum absolute atomic E-state index is 0.0648. The second kappa shape index (κ2) is 17.5. The molecule has 10 nitrogen and oxygen atoms in total. The van der Waals surface area contributed by atoms with Crippen LogP contribution < -0.4 is 33.2 Å². The van der Waals surface area contributed by atoms with Crippen molar-refractivity contribution in [1.82, 2.24) is 16.0 Å². The van der Waals surface area contributed by atoms with Crippen LogP contribution in [0.25, 0.3) is 0 Å². The number of hydrogen-bond acceptors (Lipinski definition) is 6. The summed E-state index contributed by atoms with van der Waals surface area (Å²) >= 11 is 0. The number of guanidine groups is 1. The number of unbranched alkanes of at least 4 members (excludes halogenated alkanes) is 1. The Bertz CT molecular complexity index is 494. The van der Waals surface area contributed by atoms with E-state index in [1.54, 1.807) is 0 Å². The molecule has 2 amide bonds. The fourth-order valence-electron chi connectivity index (χ4n) is 2.04. The third-order valence-corrected chi connectivity index (χ3v) is 3.48. The van der Waals surface area contributed by atoms with Crippen LogP contribution in [0.1, 0.15) is 54.1 Å². The van der Waals surface area contributed by atoms with Crippen molar-refractivity contribution in [3.05, 3.63) is 0 Å². The number of rotatable bonds is 17. The van der Waals surface area contributed by atoms with Crippen LogP contribution >= 0.6 is 0 Å². The molecule has 27 heavy (non-hydrogen) atoms. The van der Waals surface area contributed by atoms with Gasteiger partial charge in [0.1, 0.15) is 0 Å². The van der Waals surface area contributed by atoms with Crippen molar-refractivity contribution in [2.45, 2.75) is 57.5 Å². The number of amides is 2. The lowest BCUT2D eigenvalue weighted by atomic mass is 10.1. The van der Waals surface area contributed by atoms with Crippen LogP contribution in [0.3, 0.4) is 0 Å². The summed E-state index contributed by atoms with van der Waals surface area (Å²) in [5.41, 5.74) is 15.8. The average Bonchev–Trinajstić information content (AvgIpc) is 2.67. The molecule has 10 heteroatoms. The van der Waals surface area contributed by atoms with Gasteiger partial charge in [-0.1, -0.05) is 12.8 Å². The van der Waals surface area contributed by atoms with E-state index in [-0.39, 0.29) is 25.3 Å². The molecule has 0 aromatic heterocycles. The molecule has 0 aromatic rings. The van der Waals surface area contributed by atoms with Crippen LogP contribution in [0.15, 0.2) is 4.99 Å². The first-order valence-corrected chi connectivity index (χ1v) is 9.33. The van der Waals surface area contributed by atoms with Crippen LogP contribution in [0, 0.1) is 0 Å². The summed E-state index contributed by atoms with van der Waals surface area (Å²) in [6.07, 6.45) is -0.252. The van der Waals surface area contributed by atoms with E-state index in [4.69, 9.17) is 19.9 Å². The minimum atomic E-state index is -1.64. The third-order valence-electron chi connectivity index (χ3n) is 3.48. The molecule has 0 fully saturated rings. The number of nitrogens with one attached hydrogen (secondary N) is 3. The first-order valence-electron chi connectivity index (χ1n) is 10.5. The normalized spacial score (nSPS) is 15.0. The Kier molecular flexibility index (Phi) is 13.9. The van der Waals surface area contributed by atoms with Gasteiger partial charge in [0.25, 0.3) is 5.91 Å². The maximum absolute atomic E-state index is 11.8. The lowest BCUT2D eigenvalue weighted by Gasteiger charge is -2.13. The van der Waals surface area contributed by atoms with E-state index in [1.165, 1.54) is 0 Å². The van der Waals surface area contributed by atoms with Crippen LogP contribution in [0.2, 0.25) is 0 Å². The predicted octanol–water partition coefficient (Wildman–Crippen LogP) is -1.52. The molecule has 0 aliphatic heterocycles. The highest BCUT2D eigenvalue weighted by Crippen LogP contribution is 2.03. The number of aliphatic hydroxyl groups is 1. The maximum Gasteiger partial charge on any atom is 0.269 e. The number of nitrogens with zero attached hydrogens (tertiary/aromatic N) is 1. The summed E-state index contributed by atoms with van der Waals surface area (Å²) in [4.78, 5) is 27.3. The molecule has 0 radical (unpaired) electrons. The Hall–Kier alpha value is -1.91. The summed E-state index contributed by atoms with van der Waals surface area (Å²) < 4.78 is 15.7. The second-order valence-corrected chi connectivity index (χ2v) is 5.97. The summed E-state index contributed by atoms with van der Waals surface area (Å²) in [6, 6.07) is 0. The van der Waals surface area contributed by atoms with E-state index in [0.29, 0.717) is 19.5 Å². The molecule has 158 valence electrons. The second-order valence-electron chi connectivity index (χ2n) is 5.97. The highest BCUT2D eigenvalue weighted by Gasteiger charge is 2.16. The third kappa shape index (κ3) is 17.3. The van der Waals surface area contributed by atoms with Gasteiger partial charge in [0.2, 0.25) is 12.1 Å². The first-order chi connectivity index (χ1) is 13.8. The summed E-state index contributed by atoms with van der Waals surface area (Å²) in [7, 11) is 0. The predicted molar refractivity (Wildman–Crippen MR) is 107 cm³/mol. The average molecular weight is 392 g/mol. The number of carbonyl (C=O) groups excluding carboxylic acids is 2. The van der Waals surface area contributed by atoms with E-state index < -0.39 is 30.8 Å². The van der Waals surface area contributed by atoms with Crippen LogP contribution in [-0.4, -0.2) is 61.8 Å². The van der Waals surface area contributed by atoms with Gasteiger partial charge in [-0.15, -0.1) is 0 Å². The monoisotopic (exact) mass is 391 g/mol. The van der Waals surface area contributed by atoms with Crippen LogP contribution in [0.4, 0.5) is 0 Å². The Labute approximate surface area is 164 Å². The molecule has 0 saturated carbocycles. The molecule has 0 rings (SSSR count). The molecular formula is C17H37N7O3. The van der Waals surface area contributed by atoms with E-state index in [1.807, 2.05) is 0 Å². The standard InChI is InChI=1S/C17H37N7O3/c18-9-7-11-21-10-5-6-12-22-15(26)16(27)24-14(25)8-3-1-2-4-13-23-17(19)20/h16,21,27H,1-13,18H2,(H,22,26)(H,24,25)(H4,19,20,23)/i1T,2T. The van der Waals surface area contributed by atoms with Crippen molar-refractivity contribution in [3.63, 3.8) is 0 Å². The SMILES string of the molecule is [3H]C(CCN=C(N)N)C([3H])CCC(=O)NC(O)C(=O)NCCCCNCCCN. The maximum atomic E-state index is 11.8. The molecule has 0 aliphatic carbocycles. The molecule has 10 N–H and O–H groups in total. The Morgan fingerprint density at radius 2 is 1.70 bits per heavy atom.